The van der Waals surface area contributed by atoms with E-state index < -0.39 is 16.3 Å². The zero-order valence-electron chi connectivity index (χ0n) is 12.0. The lowest BCUT2D eigenvalue weighted by molar-refractivity contribution is -0.385. The second kappa shape index (κ2) is 6.47. The van der Waals surface area contributed by atoms with E-state index in [0.717, 1.165) is 5.56 Å². The van der Waals surface area contributed by atoms with Crippen molar-refractivity contribution in [3.05, 3.63) is 39.4 Å². The third-order valence-corrected chi connectivity index (χ3v) is 3.31. The molecule has 0 bridgehead atoms. The number of nitro groups is 1. The molecule has 1 aromatic rings. The Morgan fingerprint density at radius 3 is 2.65 bits per heavy atom. The van der Waals surface area contributed by atoms with Gasteiger partial charge in [0.25, 0.3) is 5.69 Å². The molecule has 0 saturated carbocycles. The standard InChI is InChI=1S/C14H20N2O4/c1-10-4-5-11(8-12(10)16(19)20)9-15-7-6-14(2,3)13(17)18/h4-5,8,15H,6-7,9H2,1-3H3,(H,17,18). The van der Waals surface area contributed by atoms with Gasteiger partial charge in [0.05, 0.1) is 10.3 Å². The number of aryl methyl sites for hydroxylation is 1. The van der Waals surface area contributed by atoms with E-state index in [2.05, 4.69) is 5.32 Å². The summed E-state index contributed by atoms with van der Waals surface area (Å²) in [6, 6.07) is 5.10. The number of nitro benzene ring substituents is 1. The number of aliphatic carboxylic acids is 1. The van der Waals surface area contributed by atoms with Crippen LogP contribution < -0.4 is 5.32 Å². The van der Waals surface area contributed by atoms with Gasteiger partial charge in [-0.3, -0.25) is 14.9 Å². The summed E-state index contributed by atoms with van der Waals surface area (Å²) < 4.78 is 0. The molecule has 20 heavy (non-hydrogen) atoms. The Hall–Kier alpha value is -1.95. The van der Waals surface area contributed by atoms with Crippen LogP contribution in [0.15, 0.2) is 18.2 Å². The molecule has 110 valence electrons. The van der Waals surface area contributed by atoms with Crippen molar-refractivity contribution < 1.29 is 14.8 Å². The highest BCUT2D eigenvalue weighted by Gasteiger charge is 2.26. The van der Waals surface area contributed by atoms with Crippen LogP contribution >= 0.6 is 0 Å². The molecule has 0 saturated heterocycles. The third-order valence-electron chi connectivity index (χ3n) is 3.31. The minimum atomic E-state index is -0.828. The van der Waals surface area contributed by atoms with E-state index in [-0.39, 0.29) is 5.69 Å². The molecule has 0 fully saturated rings. The zero-order valence-corrected chi connectivity index (χ0v) is 12.0. The molecule has 6 nitrogen and oxygen atoms in total. The maximum absolute atomic E-state index is 10.9. The predicted molar refractivity (Wildman–Crippen MR) is 75.6 cm³/mol. The van der Waals surface area contributed by atoms with Gasteiger partial charge in [0.15, 0.2) is 0 Å². The van der Waals surface area contributed by atoms with E-state index in [1.165, 1.54) is 0 Å². The number of benzene rings is 1. The van der Waals surface area contributed by atoms with E-state index in [1.54, 1.807) is 32.9 Å². The minimum Gasteiger partial charge on any atom is -0.481 e. The fourth-order valence-corrected chi connectivity index (χ4v) is 1.70. The fraction of sp³-hybridized carbons (Fsp3) is 0.500. The van der Waals surface area contributed by atoms with Crippen LogP contribution in [0.3, 0.4) is 0 Å². The molecule has 0 unspecified atom stereocenters. The summed E-state index contributed by atoms with van der Waals surface area (Å²) in [6.07, 6.45) is 0.496. The molecule has 0 atom stereocenters. The van der Waals surface area contributed by atoms with E-state index in [0.29, 0.717) is 25.1 Å². The molecule has 1 aromatic carbocycles. The summed E-state index contributed by atoms with van der Waals surface area (Å²) in [5, 5.41) is 22.9. The van der Waals surface area contributed by atoms with Crippen molar-refractivity contribution in [3.63, 3.8) is 0 Å². The van der Waals surface area contributed by atoms with Crippen molar-refractivity contribution >= 4 is 11.7 Å². The number of carboxylic acids is 1. The molecule has 0 heterocycles. The molecule has 2 N–H and O–H groups in total. The number of hydrogen-bond donors (Lipinski definition) is 2. The van der Waals surface area contributed by atoms with E-state index in [9.17, 15) is 14.9 Å². The van der Waals surface area contributed by atoms with Crippen LogP contribution in [0, 0.1) is 22.5 Å². The van der Waals surface area contributed by atoms with Gasteiger partial charge in [0.1, 0.15) is 0 Å². The maximum Gasteiger partial charge on any atom is 0.309 e. The summed E-state index contributed by atoms with van der Waals surface area (Å²) in [4.78, 5) is 21.4. The highest BCUT2D eigenvalue weighted by molar-refractivity contribution is 5.73. The first-order valence-corrected chi connectivity index (χ1v) is 6.42. The van der Waals surface area contributed by atoms with Crippen LogP contribution in [-0.4, -0.2) is 22.5 Å². The van der Waals surface area contributed by atoms with Gasteiger partial charge in [-0.15, -0.1) is 0 Å². The zero-order chi connectivity index (χ0) is 15.3. The number of carboxylic acid groups (broad SMARTS) is 1. The van der Waals surface area contributed by atoms with Gasteiger partial charge in [0, 0.05) is 18.2 Å². The summed E-state index contributed by atoms with van der Waals surface area (Å²) in [5.41, 5.74) is 0.781. The van der Waals surface area contributed by atoms with Crippen LogP contribution in [0.5, 0.6) is 0 Å². The molecule has 1 rings (SSSR count). The molecule has 0 aliphatic carbocycles. The van der Waals surface area contributed by atoms with Crippen molar-refractivity contribution in [1.29, 1.82) is 0 Å². The van der Waals surface area contributed by atoms with Crippen molar-refractivity contribution in [2.75, 3.05) is 6.54 Å². The van der Waals surface area contributed by atoms with Gasteiger partial charge in [-0.25, -0.2) is 0 Å². The van der Waals surface area contributed by atoms with E-state index in [1.807, 2.05) is 6.07 Å². The first-order chi connectivity index (χ1) is 9.24. The molecule has 0 aromatic heterocycles. The largest absolute Gasteiger partial charge is 0.481 e. The Labute approximate surface area is 118 Å². The molecule has 0 spiro atoms. The molecule has 0 aliphatic rings. The Bertz CT molecular complexity index is 512. The van der Waals surface area contributed by atoms with Gasteiger partial charge in [-0.05, 0) is 39.3 Å². The lowest BCUT2D eigenvalue weighted by Gasteiger charge is -2.18. The van der Waals surface area contributed by atoms with Crippen LogP contribution in [0.2, 0.25) is 0 Å². The average Bonchev–Trinajstić information content (AvgIpc) is 2.35. The van der Waals surface area contributed by atoms with Crippen LogP contribution in [0.25, 0.3) is 0 Å². The number of nitrogens with one attached hydrogen (secondary N) is 1. The molecule has 0 aliphatic heterocycles. The van der Waals surface area contributed by atoms with Gasteiger partial charge < -0.3 is 10.4 Å². The van der Waals surface area contributed by atoms with Gasteiger partial charge in [-0.2, -0.15) is 0 Å². The predicted octanol–water partition coefficient (Wildman–Crippen LogP) is 2.49. The lowest BCUT2D eigenvalue weighted by atomic mass is 9.90. The number of hydrogen-bond acceptors (Lipinski definition) is 4. The second-order valence-corrected chi connectivity index (χ2v) is 5.49. The highest BCUT2D eigenvalue weighted by Crippen LogP contribution is 2.20. The van der Waals surface area contributed by atoms with Crippen molar-refractivity contribution in [3.8, 4) is 0 Å². The molecule has 0 radical (unpaired) electrons. The summed E-state index contributed by atoms with van der Waals surface area (Å²) >= 11 is 0. The van der Waals surface area contributed by atoms with Gasteiger partial charge in [-0.1, -0.05) is 12.1 Å². The Kier molecular flexibility index (Phi) is 5.21. The van der Waals surface area contributed by atoms with E-state index >= 15 is 0 Å². The number of carbonyl (C=O) groups is 1. The van der Waals surface area contributed by atoms with Gasteiger partial charge >= 0.3 is 5.97 Å². The minimum absolute atomic E-state index is 0.107. The SMILES string of the molecule is Cc1ccc(CNCCC(C)(C)C(=O)O)cc1[N+](=O)[O-]. The average molecular weight is 280 g/mol. The van der Waals surface area contributed by atoms with Crippen molar-refractivity contribution in [2.45, 2.75) is 33.7 Å². The molecule has 0 amide bonds. The lowest BCUT2D eigenvalue weighted by Crippen LogP contribution is -2.28. The number of nitrogens with zero attached hydrogens (tertiary/aromatic N) is 1. The summed E-state index contributed by atoms with van der Waals surface area (Å²) in [7, 11) is 0. The van der Waals surface area contributed by atoms with Crippen LogP contribution in [0.1, 0.15) is 31.4 Å². The highest BCUT2D eigenvalue weighted by atomic mass is 16.6. The maximum atomic E-state index is 10.9. The second-order valence-electron chi connectivity index (χ2n) is 5.49. The van der Waals surface area contributed by atoms with Crippen LogP contribution in [-0.2, 0) is 11.3 Å². The molecule has 6 heteroatoms. The van der Waals surface area contributed by atoms with Gasteiger partial charge in [0.2, 0.25) is 0 Å². The van der Waals surface area contributed by atoms with Crippen molar-refractivity contribution in [2.24, 2.45) is 5.41 Å². The smallest absolute Gasteiger partial charge is 0.309 e. The quantitative estimate of drug-likeness (QED) is 0.455. The molecular weight excluding hydrogens is 260 g/mol. The Balaban J connectivity index is 2.53. The topological polar surface area (TPSA) is 92.5 Å². The van der Waals surface area contributed by atoms with E-state index in [4.69, 9.17) is 5.11 Å². The third kappa shape index (κ3) is 4.31. The Morgan fingerprint density at radius 2 is 2.10 bits per heavy atom. The van der Waals surface area contributed by atoms with Crippen molar-refractivity contribution in [1.82, 2.24) is 5.32 Å². The number of rotatable bonds is 7. The monoisotopic (exact) mass is 280 g/mol. The normalized spacial score (nSPS) is 11.3. The first-order valence-electron chi connectivity index (χ1n) is 6.42. The van der Waals surface area contributed by atoms with Crippen LogP contribution in [0.4, 0.5) is 5.69 Å². The fourth-order valence-electron chi connectivity index (χ4n) is 1.70. The summed E-state index contributed by atoms with van der Waals surface area (Å²) in [5.74, 6) is -0.828. The first kappa shape index (κ1) is 16.1. The summed E-state index contributed by atoms with van der Waals surface area (Å²) in [6.45, 7) is 6.07. The molecular formula is C14H20N2O4. The Morgan fingerprint density at radius 1 is 1.45 bits per heavy atom.